The van der Waals surface area contributed by atoms with Gasteiger partial charge in [0, 0.05) is 18.6 Å². The van der Waals surface area contributed by atoms with E-state index in [1.54, 1.807) is 12.1 Å². The number of benzene rings is 1. The van der Waals surface area contributed by atoms with Crippen molar-refractivity contribution in [1.82, 2.24) is 0 Å². The SMILES string of the molecule is CC1CCC(CCC(=O)Nc2cc3c(cc2N)OCO3)O1. The molecule has 3 rings (SSSR count). The summed E-state index contributed by atoms with van der Waals surface area (Å²) in [6, 6.07) is 3.36. The average Bonchev–Trinajstić information content (AvgIpc) is 3.05. The van der Waals surface area contributed by atoms with Crippen LogP contribution in [0.1, 0.15) is 32.6 Å². The molecular formula is C15H20N2O4. The highest BCUT2D eigenvalue weighted by atomic mass is 16.7. The zero-order chi connectivity index (χ0) is 14.8. The van der Waals surface area contributed by atoms with Gasteiger partial charge in [-0.05, 0) is 26.2 Å². The molecule has 2 atom stereocenters. The molecule has 2 unspecified atom stereocenters. The lowest BCUT2D eigenvalue weighted by molar-refractivity contribution is -0.116. The Balaban J connectivity index is 1.55. The van der Waals surface area contributed by atoms with Crippen molar-refractivity contribution in [2.75, 3.05) is 17.8 Å². The molecule has 0 saturated carbocycles. The first-order chi connectivity index (χ1) is 10.1. The van der Waals surface area contributed by atoms with Crippen LogP contribution in [0.25, 0.3) is 0 Å². The van der Waals surface area contributed by atoms with Gasteiger partial charge < -0.3 is 25.3 Å². The predicted molar refractivity (Wildman–Crippen MR) is 78.4 cm³/mol. The van der Waals surface area contributed by atoms with E-state index in [9.17, 15) is 4.79 Å². The van der Waals surface area contributed by atoms with Gasteiger partial charge in [-0.1, -0.05) is 0 Å². The van der Waals surface area contributed by atoms with Gasteiger partial charge in [0.1, 0.15) is 0 Å². The second kappa shape index (κ2) is 5.81. The van der Waals surface area contributed by atoms with Crippen LogP contribution < -0.4 is 20.5 Å². The Morgan fingerprint density at radius 3 is 2.81 bits per heavy atom. The Morgan fingerprint density at radius 1 is 1.33 bits per heavy atom. The number of nitrogen functional groups attached to an aromatic ring is 1. The summed E-state index contributed by atoms with van der Waals surface area (Å²) in [7, 11) is 0. The van der Waals surface area contributed by atoms with Crippen LogP contribution in [0.4, 0.5) is 11.4 Å². The largest absolute Gasteiger partial charge is 0.454 e. The molecule has 1 fully saturated rings. The summed E-state index contributed by atoms with van der Waals surface area (Å²) in [6.07, 6.45) is 3.76. The third kappa shape index (κ3) is 3.21. The van der Waals surface area contributed by atoms with E-state index in [2.05, 4.69) is 12.2 Å². The highest BCUT2D eigenvalue weighted by Gasteiger charge is 2.22. The summed E-state index contributed by atoms with van der Waals surface area (Å²) in [5.41, 5.74) is 6.93. The number of rotatable bonds is 4. The third-order valence-electron chi connectivity index (χ3n) is 3.83. The van der Waals surface area contributed by atoms with Crippen molar-refractivity contribution in [3.8, 4) is 11.5 Å². The first-order valence-electron chi connectivity index (χ1n) is 7.26. The van der Waals surface area contributed by atoms with Gasteiger partial charge in [0.15, 0.2) is 11.5 Å². The first-order valence-corrected chi connectivity index (χ1v) is 7.26. The maximum absolute atomic E-state index is 12.0. The third-order valence-corrected chi connectivity index (χ3v) is 3.83. The van der Waals surface area contributed by atoms with E-state index >= 15 is 0 Å². The molecule has 6 nitrogen and oxygen atoms in total. The number of fused-ring (bicyclic) bond motifs is 1. The van der Waals surface area contributed by atoms with Crippen LogP contribution in [-0.2, 0) is 9.53 Å². The minimum atomic E-state index is -0.0660. The Morgan fingerprint density at radius 2 is 2.10 bits per heavy atom. The molecule has 2 aliphatic heterocycles. The van der Waals surface area contributed by atoms with E-state index in [1.165, 1.54) is 0 Å². The van der Waals surface area contributed by atoms with Gasteiger partial charge in [0.05, 0.1) is 23.6 Å². The highest BCUT2D eigenvalue weighted by Crippen LogP contribution is 2.38. The molecule has 0 aromatic heterocycles. The van der Waals surface area contributed by atoms with Gasteiger partial charge in [-0.3, -0.25) is 4.79 Å². The van der Waals surface area contributed by atoms with Gasteiger partial charge in [0.2, 0.25) is 12.7 Å². The van der Waals surface area contributed by atoms with Crippen LogP contribution in [0, 0.1) is 0 Å². The van der Waals surface area contributed by atoms with Crippen LogP contribution in [0.2, 0.25) is 0 Å². The van der Waals surface area contributed by atoms with Gasteiger partial charge in [0.25, 0.3) is 0 Å². The number of nitrogens with two attached hydrogens (primary N) is 1. The van der Waals surface area contributed by atoms with Crippen LogP contribution in [0.15, 0.2) is 12.1 Å². The molecule has 1 amide bonds. The number of ether oxygens (including phenoxy) is 3. The van der Waals surface area contributed by atoms with Crippen LogP contribution >= 0.6 is 0 Å². The van der Waals surface area contributed by atoms with Crippen molar-refractivity contribution < 1.29 is 19.0 Å². The normalized spacial score (nSPS) is 23.3. The maximum Gasteiger partial charge on any atom is 0.231 e. The van der Waals surface area contributed by atoms with E-state index in [4.69, 9.17) is 19.9 Å². The van der Waals surface area contributed by atoms with Crippen molar-refractivity contribution in [1.29, 1.82) is 0 Å². The van der Waals surface area contributed by atoms with Crippen molar-refractivity contribution in [2.45, 2.75) is 44.8 Å². The molecule has 0 aliphatic carbocycles. The number of anilines is 2. The van der Waals surface area contributed by atoms with E-state index < -0.39 is 0 Å². The van der Waals surface area contributed by atoms with Gasteiger partial charge in [-0.2, -0.15) is 0 Å². The van der Waals surface area contributed by atoms with E-state index in [1.807, 2.05) is 0 Å². The lowest BCUT2D eigenvalue weighted by atomic mass is 10.1. The van der Waals surface area contributed by atoms with E-state index in [-0.39, 0.29) is 18.8 Å². The summed E-state index contributed by atoms with van der Waals surface area (Å²) in [5.74, 6) is 1.15. The number of carbonyl (C=O) groups excluding carboxylic acids is 1. The minimum absolute atomic E-state index is 0.0660. The Kier molecular flexibility index (Phi) is 3.88. The number of carbonyl (C=O) groups is 1. The van der Waals surface area contributed by atoms with Crippen molar-refractivity contribution in [2.24, 2.45) is 0 Å². The first kappa shape index (κ1) is 14.0. The molecule has 21 heavy (non-hydrogen) atoms. The standard InChI is InChI=1S/C15H20N2O4/c1-9-2-3-10(21-9)4-5-15(18)17-12-7-14-13(6-11(12)16)19-8-20-14/h6-7,9-10H,2-5,8,16H2,1H3,(H,17,18). The van der Waals surface area contributed by atoms with Crippen molar-refractivity contribution >= 4 is 17.3 Å². The lowest BCUT2D eigenvalue weighted by Crippen LogP contribution is -2.16. The van der Waals surface area contributed by atoms with E-state index in [0.29, 0.717) is 35.4 Å². The molecule has 2 aliphatic rings. The summed E-state index contributed by atoms with van der Waals surface area (Å²) < 4.78 is 16.2. The monoisotopic (exact) mass is 292 g/mol. The predicted octanol–water partition coefficient (Wildman–Crippen LogP) is 2.28. The Labute approximate surface area is 123 Å². The maximum atomic E-state index is 12.0. The second-order valence-electron chi connectivity index (χ2n) is 5.53. The topological polar surface area (TPSA) is 82.8 Å². The van der Waals surface area contributed by atoms with Gasteiger partial charge in [-0.25, -0.2) is 0 Å². The number of nitrogens with one attached hydrogen (secondary N) is 1. The molecule has 1 aromatic rings. The van der Waals surface area contributed by atoms with Crippen LogP contribution in [0.3, 0.4) is 0 Å². The molecular weight excluding hydrogens is 272 g/mol. The average molecular weight is 292 g/mol. The van der Waals surface area contributed by atoms with Crippen LogP contribution in [-0.4, -0.2) is 24.9 Å². The lowest BCUT2D eigenvalue weighted by Gasteiger charge is -2.12. The summed E-state index contributed by atoms with van der Waals surface area (Å²) in [4.78, 5) is 12.0. The van der Waals surface area contributed by atoms with Crippen molar-refractivity contribution in [3.63, 3.8) is 0 Å². The zero-order valence-corrected chi connectivity index (χ0v) is 12.1. The van der Waals surface area contributed by atoms with E-state index in [0.717, 1.165) is 19.3 Å². The second-order valence-corrected chi connectivity index (χ2v) is 5.53. The minimum Gasteiger partial charge on any atom is -0.454 e. The quantitative estimate of drug-likeness (QED) is 0.832. The smallest absolute Gasteiger partial charge is 0.231 e. The molecule has 3 N–H and O–H groups in total. The van der Waals surface area contributed by atoms with Gasteiger partial charge >= 0.3 is 0 Å². The summed E-state index contributed by atoms with van der Waals surface area (Å²) >= 11 is 0. The fourth-order valence-corrected chi connectivity index (χ4v) is 2.67. The zero-order valence-electron chi connectivity index (χ0n) is 12.1. The Bertz CT molecular complexity index is 547. The summed E-state index contributed by atoms with van der Waals surface area (Å²) in [5, 5.41) is 2.82. The summed E-state index contributed by atoms with van der Waals surface area (Å²) in [6.45, 7) is 2.25. The molecule has 0 radical (unpaired) electrons. The van der Waals surface area contributed by atoms with Crippen molar-refractivity contribution in [3.05, 3.63) is 12.1 Å². The number of hydrogen-bond acceptors (Lipinski definition) is 5. The molecule has 0 spiro atoms. The fourth-order valence-electron chi connectivity index (χ4n) is 2.67. The molecule has 114 valence electrons. The molecule has 1 aromatic carbocycles. The Hall–Kier alpha value is -1.95. The number of amides is 1. The van der Waals surface area contributed by atoms with Crippen LogP contribution in [0.5, 0.6) is 11.5 Å². The fraction of sp³-hybridized carbons (Fsp3) is 0.533. The highest BCUT2D eigenvalue weighted by molar-refractivity contribution is 5.94. The molecule has 1 saturated heterocycles. The van der Waals surface area contributed by atoms with Gasteiger partial charge in [-0.15, -0.1) is 0 Å². The molecule has 2 heterocycles. The molecule has 6 heteroatoms. The number of hydrogen-bond donors (Lipinski definition) is 2. The molecule has 0 bridgehead atoms.